The molecule has 0 radical (unpaired) electrons. The molecule has 0 heterocycles. The highest BCUT2D eigenvalue weighted by atomic mass is 19.1. The van der Waals surface area contributed by atoms with E-state index in [1.54, 1.807) is 0 Å². The fourth-order valence-electron chi connectivity index (χ4n) is 2.05. The number of carbonyl (C=O) groups is 2. The van der Waals surface area contributed by atoms with Crippen LogP contribution in [-0.2, 0) is 9.59 Å². The Morgan fingerprint density at radius 3 is 2.20 bits per heavy atom. The zero-order valence-corrected chi connectivity index (χ0v) is 11.7. The van der Waals surface area contributed by atoms with Crippen LogP contribution < -0.4 is 5.32 Å². The van der Waals surface area contributed by atoms with Gasteiger partial charge in [-0.25, -0.2) is 4.39 Å². The van der Waals surface area contributed by atoms with Crippen LogP contribution in [-0.4, -0.2) is 23.5 Å². The van der Waals surface area contributed by atoms with E-state index < -0.39 is 17.7 Å². The predicted molar refractivity (Wildman–Crippen MR) is 73.9 cm³/mol. The highest BCUT2D eigenvalue weighted by Crippen LogP contribution is 2.16. The van der Waals surface area contributed by atoms with Gasteiger partial charge in [-0.3, -0.25) is 9.59 Å². The van der Waals surface area contributed by atoms with Crippen LogP contribution in [0.4, 0.5) is 4.39 Å². The minimum atomic E-state index is -1.04. The largest absolute Gasteiger partial charge is 0.481 e. The van der Waals surface area contributed by atoms with Crippen molar-refractivity contribution in [3.8, 4) is 0 Å². The van der Waals surface area contributed by atoms with Crippen LogP contribution >= 0.6 is 0 Å². The molecule has 1 atom stereocenters. The van der Waals surface area contributed by atoms with Crippen molar-refractivity contribution in [1.29, 1.82) is 0 Å². The predicted octanol–water partition coefficient (Wildman–Crippen LogP) is 2.55. The molecule has 0 aliphatic carbocycles. The van der Waals surface area contributed by atoms with Crippen molar-refractivity contribution >= 4 is 11.9 Å². The van der Waals surface area contributed by atoms with E-state index in [9.17, 15) is 19.1 Å². The Morgan fingerprint density at radius 1 is 1.20 bits per heavy atom. The van der Waals surface area contributed by atoms with E-state index in [2.05, 4.69) is 5.32 Å². The van der Waals surface area contributed by atoms with Gasteiger partial charge in [0.2, 0.25) is 5.91 Å². The monoisotopic (exact) mass is 281 g/mol. The maximum Gasteiger partial charge on any atom is 0.312 e. The molecule has 5 heteroatoms. The smallest absolute Gasteiger partial charge is 0.312 e. The van der Waals surface area contributed by atoms with Crippen molar-refractivity contribution in [1.82, 2.24) is 5.32 Å². The van der Waals surface area contributed by atoms with Crippen molar-refractivity contribution in [2.75, 3.05) is 6.54 Å². The number of amides is 1. The van der Waals surface area contributed by atoms with Gasteiger partial charge in [-0.1, -0.05) is 26.0 Å². The number of halogens is 1. The molecular weight excluding hydrogens is 261 g/mol. The molecule has 0 aliphatic heterocycles. The molecule has 20 heavy (non-hydrogen) atoms. The lowest BCUT2D eigenvalue weighted by Crippen LogP contribution is -2.35. The molecule has 0 bridgehead atoms. The number of aliphatic carboxylic acids is 1. The maximum absolute atomic E-state index is 12.8. The number of rotatable bonds is 7. The van der Waals surface area contributed by atoms with E-state index in [1.165, 1.54) is 24.3 Å². The molecule has 0 aliphatic rings. The molecule has 1 unspecified atom stereocenters. The van der Waals surface area contributed by atoms with E-state index in [0.717, 1.165) is 12.8 Å². The van der Waals surface area contributed by atoms with Gasteiger partial charge in [0.1, 0.15) is 5.82 Å². The molecule has 1 aromatic rings. The molecule has 1 aromatic carbocycles. The molecule has 4 nitrogen and oxygen atoms in total. The van der Waals surface area contributed by atoms with Crippen molar-refractivity contribution in [2.45, 2.75) is 32.6 Å². The fraction of sp³-hybridized carbons (Fsp3) is 0.467. The lowest BCUT2D eigenvalue weighted by molar-refractivity contribution is -0.138. The van der Waals surface area contributed by atoms with Gasteiger partial charge in [-0.05, 0) is 30.5 Å². The van der Waals surface area contributed by atoms with Crippen LogP contribution in [0.3, 0.4) is 0 Å². The first-order chi connectivity index (χ1) is 9.49. The molecule has 0 spiro atoms. The van der Waals surface area contributed by atoms with E-state index >= 15 is 0 Å². The molecular formula is C15H20FNO3. The highest BCUT2D eigenvalue weighted by Gasteiger charge is 2.22. The number of hydrogen-bond acceptors (Lipinski definition) is 2. The maximum atomic E-state index is 12.8. The molecule has 110 valence electrons. The van der Waals surface area contributed by atoms with Gasteiger partial charge < -0.3 is 10.4 Å². The number of carbonyl (C=O) groups excluding carboxylic acids is 1. The Kier molecular flexibility index (Phi) is 6.15. The van der Waals surface area contributed by atoms with Crippen molar-refractivity contribution < 1.29 is 19.1 Å². The summed E-state index contributed by atoms with van der Waals surface area (Å²) in [7, 11) is 0. The first kappa shape index (κ1) is 16.1. The Labute approximate surface area is 118 Å². The molecule has 0 saturated carbocycles. The van der Waals surface area contributed by atoms with Gasteiger partial charge in [0.25, 0.3) is 0 Å². The second-order valence-corrected chi connectivity index (χ2v) is 4.70. The third-order valence-corrected chi connectivity index (χ3v) is 3.41. The Balaban J connectivity index is 2.72. The van der Waals surface area contributed by atoms with Crippen molar-refractivity contribution in [3.05, 3.63) is 35.6 Å². The van der Waals surface area contributed by atoms with Gasteiger partial charge in [0, 0.05) is 12.5 Å². The van der Waals surface area contributed by atoms with E-state index in [0.29, 0.717) is 5.56 Å². The zero-order valence-electron chi connectivity index (χ0n) is 11.7. The van der Waals surface area contributed by atoms with E-state index in [-0.39, 0.29) is 18.4 Å². The minimum Gasteiger partial charge on any atom is -0.481 e. The van der Waals surface area contributed by atoms with Gasteiger partial charge in [-0.15, -0.1) is 0 Å². The summed E-state index contributed by atoms with van der Waals surface area (Å²) in [5, 5.41) is 11.9. The Hall–Kier alpha value is -1.91. The van der Waals surface area contributed by atoms with E-state index in [1.807, 2.05) is 13.8 Å². The number of hydrogen-bond donors (Lipinski definition) is 2. The zero-order chi connectivity index (χ0) is 15.1. The summed E-state index contributed by atoms with van der Waals surface area (Å²) in [5.41, 5.74) is 0.476. The molecule has 2 N–H and O–H groups in total. The third-order valence-electron chi connectivity index (χ3n) is 3.41. The summed E-state index contributed by atoms with van der Waals surface area (Å²) < 4.78 is 12.8. The van der Waals surface area contributed by atoms with Crippen LogP contribution in [0.15, 0.2) is 24.3 Å². The molecule has 1 rings (SSSR count). The van der Waals surface area contributed by atoms with Gasteiger partial charge in [0.05, 0.1) is 5.92 Å². The SMILES string of the molecule is CCC(CC)C(=O)NCC(C(=O)O)c1ccc(F)cc1. The number of nitrogens with one attached hydrogen (secondary N) is 1. The summed E-state index contributed by atoms with van der Waals surface area (Å²) in [4.78, 5) is 23.1. The van der Waals surface area contributed by atoms with Crippen LogP contribution in [0, 0.1) is 11.7 Å². The van der Waals surface area contributed by atoms with Crippen LogP contribution in [0.5, 0.6) is 0 Å². The lowest BCUT2D eigenvalue weighted by atomic mass is 9.98. The second kappa shape index (κ2) is 7.62. The topological polar surface area (TPSA) is 66.4 Å². The second-order valence-electron chi connectivity index (χ2n) is 4.70. The Morgan fingerprint density at radius 2 is 1.75 bits per heavy atom. The summed E-state index contributed by atoms with van der Waals surface area (Å²) >= 11 is 0. The number of benzene rings is 1. The molecule has 1 amide bonds. The molecule has 0 fully saturated rings. The van der Waals surface area contributed by atoms with Gasteiger partial charge in [0.15, 0.2) is 0 Å². The summed E-state index contributed by atoms with van der Waals surface area (Å²) in [6.45, 7) is 3.85. The van der Waals surface area contributed by atoms with Gasteiger partial charge >= 0.3 is 5.97 Å². The van der Waals surface area contributed by atoms with Gasteiger partial charge in [-0.2, -0.15) is 0 Å². The summed E-state index contributed by atoms with van der Waals surface area (Å²) in [5.74, 6) is -2.56. The standard InChI is InChI=1S/C15H20FNO3/c1-3-10(4-2)14(18)17-9-13(15(19)20)11-5-7-12(16)8-6-11/h5-8,10,13H,3-4,9H2,1-2H3,(H,17,18)(H,19,20). The first-order valence-corrected chi connectivity index (χ1v) is 6.75. The quantitative estimate of drug-likeness (QED) is 0.807. The Bertz CT molecular complexity index is 455. The lowest BCUT2D eigenvalue weighted by Gasteiger charge is -2.17. The van der Waals surface area contributed by atoms with Crippen molar-refractivity contribution in [3.63, 3.8) is 0 Å². The van der Waals surface area contributed by atoms with Crippen LogP contribution in [0.2, 0.25) is 0 Å². The van der Waals surface area contributed by atoms with Crippen LogP contribution in [0.1, 0.15) is 38.2 Å². The fourth-order valence-corrected chi connectivity index (χ4v) is 2.05. The average Bonchev–Trinajstić information content (AvgIpc) is 2.42. The summed E-state index contributed by atoms with van der Waals surface area (Å²) in [6, 6.07) is 5.29. The number of carboxylic acid groups (broad SMARTS) is 1. The molecule has 0 aromatic heterocycles. The summed E-state index contributed by atoms with van der Waals surface area (Å²) in [6.07, 6.45) is 1.44. The van der Waals surface area contributed by atoms with Crippen molar-refractivity contribution in [2.24, 2.45) is 5.92 Å². The normalized spacial score (nSPS) is 12.2. The highest BCUT2D eigenvalue weighted by molar-refractivity contribution is 5.81. The third kappa shape index (κ3) is 4.33. The first-order valence-electron chi connectivity index (χ1n) is 6.75. The minimum absolute atomic E-state index is 0.0102. The van der Waals surface area contributed by atoms with Crippen LogP contribution in [0.25, 0.3) is 0 Å². The van der Waals surface area contributed by atoms with E-state index in [4.69, 9.17) is 0 Å². The number of carboxylic acids is 1. The molecule has 0 saturated heterocycles. The average molecular weight is 281 g/mol.